The smallest absolute Gasteiger partial charge is 0.193 e. The molecule has 0 amide bonds. The summed E-state index contributed by atoms with van der Waals surface area (Å²) in [7, 11) is 1.73. The Balaban J connectivity index is 0.00000243. The molecule has 0 aliphatic carbocycles. The van der Waals surface area contributed by atoms with Gasteiger partial charge in [-0.3, -0.25) is 4.99 Å². The second-order valence-corrected chi connectivity index (χ2v) is 6.37. The zero-order valence-corrected chi connectivity index (χ0v) is 17.2. The minimum atomic E-state index is -0.557. The van der Waals surface area contributed by atoms with E-state index >= 15 is 0 Å². The Morgan fingerprint density at radius 2 is 2.08 bits per heavy atom. The van der Waals surface area contributed by atoms with E-state index in [4.69, 9.17) is 9.47 Å². The zero-order valence-electron chi connectivity index (χ0n) is 14.9. The molecule has 0 bridgehead atoms. The van der Waals surface area contributed by atoms with Gasteiger partial charge in [-0.15, -0.1) is 24.0 Å². The third kappa shape index (κ3) is 5.50. The maximum Gasteiger partial charge on any atom is 0.193 e. The highest BCUT2D eigenvalue weighted by atomic mass is 127. The van der Waals surface area contributed by atoms with Crippen LogP contribution >= 0.6 is 24.0 Å². The fourth-order valence-electron chi connectivity index (χ4n) is 3.35. The van der Waals surface area contributed by atoms with Crippen molar-refractivity contribution < 1.29 is 18.3 Å². The predicted octanol–water partition coefficient (Wildman–Crippen LogP) is 2.58. The summed E-state index contributed by atoms with van der Waals surface area (Å²) in [5.74, 6) is -0.297. The molecule has 8 heteroatoms. The molecule has 0 spiro atoms. The van der Waals surface area contributed by atoms with Gasteiger partial charge in [-0.05, 0) is 30.9 Å². The van der Waals surface area contributed by atoms with Crippen LogP contribution in [0.5, 0.6) is 0 Å². The van der Waals surface area contributed by atoms with E-state index in [-0.39, 0.29) is 36.2 Å². The number of hydrogen-bond donors (Lipinski definition) is 1. The highest BCUT2D eigenvalue weighted by Gasteiger charge is 2.32. The molecular formula is C18H26F2IN3O2. The molecule has 26 heavy (non-hydrogen) atoms. The molecule has 2 atom stereocenters. The van der Waals surface area contributed by atoms with E-state index < -0.39 is 11.6 Å². The van der Waals surface area contributed by atoms with Crippen LogP contribution < -0.4 is 5.32 Å². The quantitative estimate of drug-likeness (QED) is 0.408. The molecule has 2 fully saturated rings. The molecular weight excluding hydrogens is 455 g/mol. The molecule has 2 aliphatic heterocycles. The van der Waals surface area contributed by atoms with Gasteiger partial charge in [0, 0.05) is 39.4 Å². The topological polar surface area (TPSA) is 46.1 Å². The largest absolute Gasteiger partial charge is 0.375 e. The predicted molar refractivity (Wildman–Crippen MR) is 107 cm³/mol. The Hall–Kier alpha value is -1.00. The van der Waals surface area contributed by atoms with E-state index in [9.17, 15) is 8.78 Å². The summed E-state index contributed by atoms with van der Waals surface area (Å²) in [5.41, 5.74) is 0.489. The first-order valence-corrected chi connectivity index (χ1v) is 8.80. The molecule has 2 heterocycles. The van der Waals surface area contributed by atoms with E-state index in [1.807, 2.05) is 0 Å². The molecule has 1 N–H and O–H groups in total. The van der Waals surface area contributed by atoms with E-state index in [1.54, 1.807) is 7.05 Å². The van der Waals surface area contributed by atoms with Gasteiger partial charge >= 0.3 is 0 Å². The molecule has 2 aliphatic rings. The molecule has 2 saturated heterocycles. The van der Waals surface area contributed by atoms with Crippen molar-refractivity contribution in [3.05, 3.63) is 35.4 Å². The molecule has 1 aromatic carbocycles. The highest BCUT2D eigenvalue weighted by Crippen LogP contribution is 2.21. The van der Waals surface area contributed by atoms with Crippen LogP contribution in [-0.4, -0.2) is 63.0 Å². The number of hydrogen-bond acceptors (Lipinski definition) is 3. The summed E-state index contributed by atoms with van der Waals surface area (Å²) < 4.78 is 38.2. The standard InChI is InChI=1S/C18H25F2N3O2.HI/c1-21-18(22-7-6-13-4-5-14(19)11-15(13)20)23-8-10-25-17(12-23)16-3-2-9-24-16;/h4-5,11,16-17H,2-3,6-10,12H2,1H3,(H,21,22);1H. The van der Waals surface area contributed by atoms with Gasteiger partial charge in [-0.2, -0.15) is 0 Å². The van der Waals surface area contributed by atoms with E-state index in [0.29, 0.717) is 25.1 Å². The fraction of sp³-hybridized carbons (Fsp3) is 0.611. The number of halogens is 3. The second-order valence-electron chi connectivity index (χ2n) is 6.37. The van der Waals surface area contributed by atoms with Gasteiger partial charge in [0.15, 0.2) is 5.96 Å². The summed E-state index contributed by atoms with van der Waals surface area (Å²) in [5, 5.41) is 3.26. The molecule has 1 aromatic rings. The van der Waals surface area contributed by atoms with Crippen LogP contribution in [0.3, 0.4) is 0 Å². The van der Waals surface area contributed by atoms with Crippen LogP contribution in [0.15, 0.2) is 23.2 Å². The van der Waals surface area contributed by atoms with Gasteiger partial charge in [0.25, 0.3) is 0 Å². The summed E-state index contributed by atoms with van der Waals surface area (Å²) in [6, 6.07) is 3.68. The van der Waals surface area contributed by atoms with Gasteiger partial charge in [0.1, 0.15) is 17.7 Å². The molecule has 5 nitrogen and oxygen atoms in total. The monoisotopic (exact) mass is 481 g/mol. The molecule has 3 rings (SSSR count). The van der Waals surface area contributed by atoms with Crippen molar-refractivity contribution in [1.82, 2.24) is 10.2 Å². The first-order chi connectivity index (χ1) is 12.2. The van der Waals surface area contributed by atoms with E-state index in [2.05, 4.69) is 15.2 Å². The molecule has 146 valence electrons. The Kier molecular flexibility index (Phi) is 8.49. The first kappa shape index (κ1) is 21.3. The molecule has 0 aromatic heterocycles. The number of guanidine groups is 1. The molecule has 0 saturated carbocycles. The summed E-state index contributed by atoms with van der Waals surface area (Å²) in [6.07, 6.45) is 2.80. The number of ether oxygens (including phenoxy) is 2. The number of benzene rings is 1. The number of nitrogens with zero attached hydrogens (tertiary/aromatic N) is 2. The lowest BCUT2D eigenvalue weighted by Gasteiger charge is -2.37. The Morgan fingerprint density at radius 3 is 2.77 bits per heavy atom. The van der Waals surface area contributed by atoms with Crippen LogP contribution in [-0.2, 0) is 15.9 Å². The van der Waals surface area contributed by atoms with Crippen LogP contribution in [0.1, 0.15) is 18.4 Å². The van der Waals surface area contributed by atoms with Crippen LogP contribution in [0.2, 0.25) is 0 Å². The normalized spacial score (nSPS) is 23.7. The highest BCUT2D eigenvalue weighted by molar-refractivity contribution is 14.0. The van der Waals surface area contributed by atoms with Crippen LogP contribution in [0, 0.1) is 11.6 Å². The van der Waals surface area contributed by atoms with Gasteiger partial charge in [-0.1, -0.05) is 6.07 Å². The second kappa shape index (κ2) is 10.4. The minimum Gasteiger partial charge on any atom is -0.375 e. The zero-order chi connectivity index (χ0) is 17.6. The van der Waals surface area contributed by atoms with Crippen LogP contribution in [0.4, 0.5) is 8.78 Å². The Labute approximate surface area is 170 Å². The van der Waals surface area contributed by atoms with E-state index in [1.165, 1.54) is 12.1 Å². The average molecular weight is 481 g/mol. The summed E-state index contributed by atoms with van der Waals surface area (Å²) >= 11 is 0. The van der Waals surface area contributed by atoms with Crippen molar-refractivity contribution in [1.29, 1.82) is 0 Å². The average Bonchev–Trinajstić information content (AvgIpc) is 3.15. The Morgan fingerprint density at radius 1 is 1.27 bits per heavy atom. The van der Waals surface area contributed by atoms with Crippen LogP contribution in [0.25, 0.3) is 0 Å². The molecule has 0 radical (unpaired) electrons. The SMILES string of the molecule is CN=C(NCCc1ccc(F)cc1F)N1CCOC(C2CCCO2)C1.I. The maximum atomic E-state index is 13.7. The van der Waals surface area contributed by atoms with Gasteiger partial charge < -0.3 is 19.7 Å². The third-order valence-corrected chi connectivity index (χ3v) is 4.68. The summed E-state index contributed by atoms with van der Waals surface area (Å²) in [6.45, 7) is 3.46. The minimum absolute atomic E-state index is 0. The first-order valence-electron chi connectivity index (χ1n) is 8.80. The number of rotatable bonds is 4. The van der Waals surface area contributed by atoms with Gasteiger partial charge in [-0.25, -0.2) is 8.78 Å². The fourth-order valence-corrected chi connectivity index (χ4v) is 3.35. The van der Waals surface area contributed by atoms with Crippen molar-refractivity contribution in [3.8, 4) is 0 Å². The molecule has 2 unspecified atom stereocenters. The number of morpholine rings is 1. The van der Waals surface area contributed by atoms with Crippen molar-refractivity contribution in [2.24, 2.45) is 4.99 Å². The maximum absolute atomic E-state index is 13.7. The Bertz CT molecular complexity index is 612. The van der Waals surface area contributed by atoms with E-state index in [0.717, 1.165) is 44.6 Å². The van der Waals surface area contributed by atoms with Crippen molar-refractivity contribution in [3.63, 3.8) is 0 Å². The van der Waals surface area contributed by atoms with Crippen molar-refractivity contribution in [2.45, 2.75) is 31.5 Å². The summed E-state index contributed by atoms with van der Waals surface area (Å²) in [4.78, 5) is 6.47. The lowest BCUT2D eigenvalue weighted by Crippen LogP contribution is -2.53. The van der Waals surface area contributed by atoms with Gasteiger partial charge in [0.2, 0.25) is 0 Å². The van der Waals surface area contributed by atoms with Crippen molar-refractivity contribution >= 4 is 29.9 Å². The lowest BCUT2D eigenvalue weighted by atomic mass is 10.1. The van der Waals surface area contributed by atoms with Crippen molar-refractivity contribution in [2.75, 3.05) is 39.9 Å². The van der Waals surface area contributed by atoms with Gasteiger partial charge in [0.05, 0.1) is 12.7 Å². The lowest BCUT2D eigenvalue weighted by molar-refractivity contribution is -0.0816. The number of nitrogens with one attached hydrogen (secondary N) is 1. The third-order valence-electron chi connectivity index (χ3n) is 4.68. The number of aliphatic imine (C=N–C) groups is 1.